The molecule has 0 saturated carbocycles. The van der Waals surface area contributed by atoms with Gasteiger partial charge in [-0.2, -0.15) is 0 Å². The Morgan fingerprint density at radius 2 is 1.79 bits per heavy atom. The first-order chi connectivity index (χ1) is 13.6. The average molecular weight is 371 g/mol. The molecule has 2 heterocycles. The minimum absolute atomic E-state index is 0.0910. The van der Waals surface area contributed by atoms with Gasteiger partial charge in [0.15, 0.2) is 0 Å². The smallest absolute Gasteiger partial charge is 0.256 e. The van der Waals surface area contributed by atoms with Crippen LogP contribution < -0.4 is 10.9 Å². The van der Waals surface area contributed by atoms with Crippen LogP contribution in [0, 0.1) is 13.8 Å². The summed E-state index contributed by atoms with van der Waals surface area (Å²) in [7, 11) is 0. The average Bonchev–Trinajstić information content (AvgIpc) is 2.68. The standard InChI is InChI=1S/C22H21N5O/c1-12-6-5-9-16-13(2)23-21(25-19(12)16)27-22-24-18-11-15-8-4-3-7-14(15)10-17(18)20(28)26-22/h5-9H,3-4,10-11H2,1-2H3,(H2,23,24,25,26,27,28). The summed E-state index contributed by atoms with van der Waals surface area (Å²) in [4.78, 5) is 29.4. The maximum atomic E-state index is 12.7. The minimum Gasteiger partial charge on any atom is -0.294 e. The van der Waals surface area contributed by atoms with E-state index in [1.54, 1.807) is 0 Å². The predicted octanol–water partition coefficient (Wildman–Crippen LogP) is 3.82. The number of nitrogens with zero attached hydrogens (tertiary/aromatic N) is 3. The van der Waals surface area contributed by atoms with E-state index >= 15 is 0 Å². The van der Waals surface area contributed by atoms with E-state index in [-0.39, 0.29) is 5.56 Å². The van der Waals surface area contributed by atoms with Gasteiger partial charge in [0.25, 0.3) is 5.56 Å². The molecular weight excluding hydrogens is 350 g/mol. The van der Waals surface area contributed by atoms with Gasteiger partial charge in [-0.1, -0.05) is 30.4 Å². The van der Waals surface area contributed by atoms with Crippen molar-refractivity contribution < 1.29 is 0 Å². The van der Waals surface area contributed by atoms with Gasteiger partial charge < -0.3 is 0 Å². The molecule has 0 fully saturated rings. The highest BCUT2D eigenvalue weighted by Crippen LogP contribution is 2.30. The first kappa shape index (κ1) is 16.9. The lowest BCUT2D eigenvalue weighted by molar-refractivity contribution is 0.846. The molecule has 0 radical (unpaired) electrons. The third-order valence-electron chi connectivity index (χ3n) is 5.54. The van der Waals surface area contributed by atoms with Crippen LogP contribution in [0.3, 0.4) is 0 Å². The molecular formula is C22H21N5O. The van der Waals surface area contributed by atoms with Crippen LogP contribution in [0.15, 0.2) is 46.3 Å². The van der Waals surface area contributed by atoms with E-state index in [9.17, 15) is 4.79 Å². The lowest BCUT2D eigenvalue weighted by Gasteiger charge is -2.23. The number of benzene rings is 1. The van der Waals surface area contributed by atoms with Crippen molar-refractivity contribution in [3.05, 3.63) is 74.4 Å². The molecule has 3 aromatic rings. The molecule has 0 unspecified atom stereocenters. The van der Waals surface area contributed by atoms with Gasteiger partial charge in [0.2, 0.25) is 11.9 Å². The quantitative estimate of drug-likeness (QED) is 0.715. The van der Waals surface area contributed by atoms with Crippen LogP contribution in [0.2, 0.25) is 0 Å². The van der Waals surface area contributed by atoms with Gasteiger partial charge in [-0.3, -0.25) is 15.1 Å². The molecule has 0 bridgehead atoms. The Hall–Kier alpha value is -3.28. The molecule has 0 spiro atoms. The predicted molar refractivity (Wildman–Crippen MR) is 110 cm³/mol. The van der Waals surface area contributed by atoms with Crippen molar-refractivity contribution in [1.29, 1.82) is 0 Å². The number of para-hydroxylation sites is 1. The zero-order valence-electron chi connectivity index (χ0n) is 16.0. The molecule has 28 heavy (non-hydrogen) atoms. The molecule has 2 N–H and O–H groups in total. The topological polar surface area (TPSA) is 83.6 Å². The van der Waals surface area contributed by atoms with E-state index in [1.807, 2.05) is 32.0 Å². The third kappa shape index (κ3) is 2.81. The summed E-state index contributed by atoms with van der Waals surface area (Å²) in [6.45, 7) is 3.99. The van der Waals surface area contributed by atoms with Crippen molar-refractivity contribution in [1.82, 2.24) is 19.9 Å². The number of H-pyrrole nitrogens is 1. The number of fused-ring (bicyclic) bond motifs is 3. The fraction of sp³-hybridized carbons (Fsp3) is 0.273. The van der Waals surface area contributed by atoms with Crippen molar-refractivity contribution >= 4 is 22.8 Å². The Morgan fingerprint density at radius 3 is 2.61 bits per heavy atom. The molecule has 2 aromatic heterocycles. The van der Waals surface area contributed by atoms with Crippen molar-refractivity contribution in [3.8, 4) is 0 Å². The third-order valence-corrected chi connectivity index (χ3v) is 5.54. The molecule has 6 heteroatoms. The van der Waals surface area contributed by atoms with E-state index in [1.165, 1.54) is 11.1 Å². The molecule has 0 saturated heterocycles. The number of aryl methyl sites for hydroxylation is 2. The largest absolute Gasteiger partial charge is 0.294 e. The number of anilines is 2. The zero-order valence-corrected chi connectivity index (χ0v) is 16.0. The lowest BCUT2D eigenvalue weighted by Crippen LogP contribution is -2.25. The Bertz CT molecular complexity index is 1240. The lowest BCUT2D eigenvalue weighted by atomic mass is 9.84. The normalized spacial score (nSPS) is 15.5. The minimum atomic E-state index is -0.0910. The van der Waals surface area contributed by atoms with E-state index in [4.69, 9.17) is 0 Å². The second-order valence-corrected chi connectivity index (χ2v) is 7.46. The summed E-state index contributed by atoms with van der Waals surface area (Å²) in [5.41, 5.74) is 6.96. The molecule has 2 aliphatic rings. The SMILES string of the molecule is Cc1nc(Nc2nc3c(c(=O)[nH]2)CC2=CCCC=C2C3)nc2c(C)cccc12. The summed E-state index contributed by atoms with van der Waals surface area (Å²) in [6.07, 6.45) is 8.00. The number of aromatic amines is 1. The molecule has 6 nitrogen and oxygen atoms in total. The van der Waals surface area contributed by atoms with Crippen LogP contribution in [-0.4, -0.2) is 19.9 Å². The number of nitrogens with one attached hydrogen (secondary N) is 2. The first-order valence-corrected chi connectivity index (χ1v) is 9.60. The summed E-state index contributed by atoms with van der Waals surface area (Å²) in [5, 5.41) is 4.13. The van der Waals surface area contributed by atoms with E-state index < -0.39 is 0 Å². The number of hydrogen-bond acceptors (Lipinski definition) is 5. The van der Waals surface area contributed by atoms with Crippen molar-refractivity contribution in [3.63, 3.8) is 0 Å². The highest BCUT2D eigenvalue weighted by atomic mass is 16.1. The Morgan fingerprint density at radius 1 is 1.00 bits per heavy atom. The van der Waals surface area contributed by atoms with E-state index in [0.717, 1.165) is 46.3 Å². The van der Waals surface area contributed by atoms with Gasteiger partial charge in [-0.15, -0.1) is 0 Å². The number of allylic oxidation sites excluding steroid dienone is 4. The maximum Gasteiger partial charge on any atom is 0.256 e. The first-order valence-electron chi connectivity index (χ1n) is 9.60. The maximum absolute atomic E-state index is 12.7. The van der Waals surface area contributed by atoms with Crippen LogP contribution in [0.1, 0.15) is 35.4 Å². The molecule has 0 atom stereocenters. The summed E-state index contributed by atoms with van der Waals surface area (Å²) in [6, 6.07) is 6.05. The fourth-order valence-corrected chi connectivity index (χ4v) is 4.06. The van der Waals surface area contributed by atoms with Gasteiger partial charge in [-0.25, -0.2) is 15.0 Å². The van der Waals surface area contributed by atoms with Gasteiger partial charge in [0, 0.05) is 23.8 Å². The molecule has 0 amide bonds. The number of hydrogen-bond donors (Lipinski definition) is 2. The van der Waals surface area contributed by atoms with Gasteiger partial charge in [0.05, 0.1) is 16.9 Å². The van der Waals surface area contributed by atoms with E-state index in [2.05, 4.69) is 37.4 Å². The van der Waals surface area contributed by atoms with Crippen LogP contribution in [-0.2, 0) is 12.8 Å². The Labute approximate surface area is 162 Å². The second-order valence-electron chi connectivity index (χ2n) is 7.46. The molecule has 5 rings (SSSR count). The zero-order chi connectivity index (χ0) is 19.3. The monoisotopic (exact) mass is 371 g/mol. The Balaban J connectivity index is 1.54. The summed E-state index contributed by atoms with van der Waals surface area (Å²) < 4.78 is 0. The Kier molecular flexibility index (Phi) is 3.86. The highest BCUT2D eigenvalue weighted by Gasteiger charge is 2.23. The molecule has 1 aromatic carbocycles. The van der Waals surface area contributed by atoms with Crippen molar-refractivity contribution in [2.75, 3.05) is 5.32 Å². The fourth-order valence-electron chi connectivity index (χ4n) is 4.06. The van der Waals surface area contributed by atoms with Gasteiger partial charge in [-0.05, 0) is 43.4 Å². The van der Waals surface area contributed by atoms with Crippen molar-refractivity contribution in [2.45, 2.75) is 39.5 Å². The van der Waals surface area contributed by atoms with E-state index in [0.29, 0.717) is 24.7 Å². The second kappa shape index (κ2) is 6.41. The molecule has 0 aliphatic heterocycles. The van der Waals surface area contributed by atoms with Gasteiger partial charge >= 0.3 is 0 Å². The highest BCUT2D eigenvalue weighted by molar-refractivity contribution is 5.84. The van der Waals surface area contributed by atoms with Crippen LogP contribution in [0.4, 0.5) is 11.9 Å². The van der Waals surface area contributed by atoms with Crippen molar-refractivity contribution in [2.24, 2.45) is 0 Å². The summed E-state index contributed by atoms with van der Waals surface area (Å²) >= 11 is 0. The van der Waals surface area contributed by atoms with Crippen LogP contribution in [0.25, 0.3) is 10.9 Å². The number of rotatable bonds is 2. The summed E-state index contributed by atoms with van der Waals surface area (Å²) in [5.74, 6) is 0.829. The van der Waals surface area contributed by atoms with Crippen LogP contribution in [0.5, 0.6) is 0 Å². The number of aromatic nitrogens is 4. The van der Waals surface area contributed by atoms with Gasteiger partial charge in [0.1, 0.15) is 0 Å². The molecule has 140 valence electrons. The molecule has 2 aliphatic carbocycles. The van der Waals surface area contributed by atoms with Crippen LogP contribution >= 0.6 is 0 Å².